The number of nitrogens with zero attached hydrogens (tertiary/aromatic N) is 1. The van der Waals surface area contributed by atoms with E-state index in [1.165, 1.54) is 0 Å². The molecule has 0 amide bonds. The first-order valence-electron chi connectivity index (χ1n) is 4.24. The van der Waals surface area contributed by atoms with Gasteiger partial charge in [0.2, 0.25) is 0 Å². The summed E-state index contributed by atoms with van der Waals surface area (Å²) in [6, 6.07) is 5.61. The van der Waals surface area contributed by atoms with Crippen LogP contribution in [0.5, 0.6) is 0 Å². The highest BCUT2D eigenvalue weighted by atomic mass is 16.7. The zero-order valence-corrected chi connectivity index (χ0v) is 7.27. The number of hydrogen-bond donors (Lipinski definition) is 1. The largest absolute Gasteiger partial charge is 0.384 e. The minimum Gasteiger partial charge on any atom is -0.384 e. The van der Waals surface area contributed by atoms with Crippen LogP contribution in [0.1, 0.15) is 11.6 Å². The lowest BCUT2D eigenvalue weighted by atomic mass is 10.1. The third-order valence-corrected chi connectivity index (χ3v) is 2.02. The lowest BCUT2D eigenvalue weighted by Gasteiger charge is -2.21. The fourth-order valence-electron chi connectivity index (χ4n) is 1.35. The van der Waals surface area contributed by atoms with Crippen molar-refractivity contribution >= 4 is 5.82 Å². The third kappa shape index (κ3) is 1.96. The van der Waals surface area contributed by atoms with Crippen molar-refractivity contribution in [1.29, 1.82) is 0 Å². The van der Waals surface area contributed by atoms with Gasteiger partial charge >= 0.3 is 0 Å². The number of hydrogen-bond acceptors (Lipinski definition) is 4. The standard InChI is InChI=1S/C9H12N2O2/c10-9-3-1-2-8(11-9)7-4-12-6-13-5-7/h1-3,7H,4-6H2,(H2,10,11). The quantitative estimate of drug-likeness (QED) is 0.693. The van der Waals surface area contributed by atoms with Gasteiger partial charge in [-0.15, -0.1) is 0 Å². The van der Waals surface area contributed by atoms with Gasteiger partial charge in [-0.25, -0.2) is 4.98 Å². The van der Waals surface area contributed by atoms with Gasteiger partial charge in [0, 0.05) is 5.92 Å². The number of aromatic nitrogens is 1. The average Bonchev–Trinajstić information content (AvgIpc) is 2.19. The molecule has 2 N–H and O–H groups in total. The predicted molar refractivity (Wildman–Crippen MR) is 48.2 cm³/mol. The smallest absolute Gasteiger partial charge is 0.146 e. The fourth-order valence-corrected chi connectivity index (χ4v) is 1.35. The number of nitrogens with two attached hydrogens (primary N) is 1. The van der Waals surface area contributed by atoms with E-state index in [1.54, 1.807) is 6.07 Å². The first-order valence-corrected chi connectivity index (χ1v) is 4.24. The number of nitrogen functional groups attached to an aromatic ring is 1. The van der Waals surface area contributed by atoms with Gasteiger partial charge in [0.25, 0.3) is 0 Å². The van der Waals surface area contributed by atoms with Crippen LogP contribution in [0.15, 0.2) is 18.2 Å². The van der Waals surface area contributed by atoms with E-state index in [1.807, 2.05) is 12.1 Å². The van der Waals surface area contributed by atoms with Crippen molar-refractivity contribution in [3.8, 4) is 0 Å². The van der Waals surface area contributed by atoms with Crippen LogP contribution < -0.4 is 5.73 Å². The minimum absolute atomic E-state index is 0.220. The first-order chi connectivity index (χ1) is 6.36. The molecule has 1 fully saturated rings. The SMILES string of the molecule is Nc1cccc(C2COCOC2)n1. The fraction of sp³-hybridized carbons (Fsp3) is 0.444. The van der Waals surface area contributed by atoms with E-state index in [4.69, 9.17) is 15.2 Å². The van der Waals surface area contributed by atoms with E-state index >= 15 is 0 Å². The Hall–Kier alpha value is -1.13. The second-order valence-electron chi connectivity index (χ2n) is 3.04. The Bertz CT molecular complexity index is 285. The molecule has 0 saturated carbocycles. The Morgan fingerprint density at radius 2 is 2.08 bits per heavy atom. The zero-order valence-electron chi connectivity index (χ0n) is 7.27. The van der Waals surface area contributed by atoms with Crippen LogP contribution in [0.3, 0.4) is 0 Å². The number of ether oxygens (including phenoxy) is 2. The highest BCUT2D eigenvalue weighted by Gasteiger charge is 2.17. The molecule has 0 unspecified atom stereocenters. The molecule has 0 aliphatic carbocycles. The van der Waals surface area contributed by atoms with Crippen LogP contribution in [0, 0.1) is 0 Å². The van der Waals surface area contributed by atoms with Gasteiger partial charge in [0.1, 0.15) is 12.6 Å². The summed E-state index contributed by atoms with van der Waals surface area (Å²) in [7, 11) is 0. The van der Waals surface area contributed by atoms with E-state index < -0.39 is 0 Å². The average molecular weight is 180 g/mol. The Labute approximate surface area is 76.7 Å². The molecule has 4 heteroatoms. The maximum Gasteiger partial charge on any atom is 0.146 e. The van der Waals surface area contributed by atoms with Crippen molar-refractivity contribution in [2.45, 2.75) is 5.92 Å². The highest BCUT2D eigenvalue weighted by molar-refractivity contribution is 5.30. The lowest BCUT2D eigenvalue weighted by molar-refractivity contribution is -0.108. The molecule has 2 heterocycles. The van der Waals surface area contributed by atoms with E-state index in [9.17, 15) is 0 Å². The topological polar surface area (TPSA) is 57.4 Å². The van der Waals surface area contributed by atoms with E-state index in [0.29, 0.717) is 25.8 Å². The number of pyridine rings is 1. The molecule has 13 heavy (non-hydrogen) atoms. The Morgan fingerprint density at radius 3 is 2.77 bits per heavy atom. The van der Waals surface area contributed by atoms with E-state index in [0.717, 1.165) is 5.69 Å². The van der Waals surface area contributed by atoms with Gasteiger partial charge < -0.3 is 15.2 Å². The molecule has 1 aromatic heterocycles. The molecule has 1 aromatic rings. The second-order valence-corrected chi connectivity index (χ2v) is 3.04. The summed E-state index contributed by atoms with van der Waals surface area (Å²) in [6.07, 6.45) is 0. The van der Waals surface area contributed by atoms with Crippen molar-refractivity contribution in [3.63, 3.8) is 0 Å². The van der Waals surface area contributed by atoms with Crippen LogP contribution in [-0.2, 0) is 9.47 Å². The minimum atomic E-state index is 0.220. The molecule has 1 saturated heterocycles. The van der Waals surface area contributed by atoms with Crippen molar-refractivity contribution in [3.05, 3.63) is 23.9 Å². The monoisotopic (exact) mass is 180 g/mol. The van der Waals surface area contributed by atoms with Crippen LogP contribution in [0.4, 0.5) is 5.82 Å². The van der Waals surface area contributed by atoms with E-state index in [2.05, 4.69) is 4.98 Å². The van der Waals surface area contributed by atoms with Crippen molar-refractivity contribution in [2.75, 3.05) is 25.7 Å². The molecular weight excluding hydrogens is 168 g/mol. The van der Waals surface area contributed by atoms with Gasteiger partial charge in [0.05, 0.1) is 18.9 Å². The maximum absolute atomic E-state index is 5.57. The van der Waals surface area contributed by atoms with Crippen molar-refractivity contribution in [2.24, 2.45) is 0 Å². The number of anilines is 1. The van der Waals surface area contributed by atoms with Crippen LogP contribution in [0.2, 0.25) is 0 Å². The molecule has 2 rings (SSSR count). The van der Waals surface area contributed by atoms with Crippen molar-refractivity contribution in [1.82, 2.24) is 4.98 Å². The molecular formula is C9H12N2O2. The second kappa shape index (κ2) is 3.72. The molecule has 1 aliphatic rings. The summed E-state index contributed by atoms with van der Waals surface area (Å²) in [5, 5.41) is 0. The molecule has 0 aromatic carbocycles. The number of rotatable bonds is 1. The van der Waals surface area contributed by atoms with Gasteiger partial charge in [-0.1, -0.05) is 6.07 Å². The molecule has 0 bridgehead atoms. The summed E-state index contributed by atoms with van der Waals surface area (Å²) in [5.74, 6) is 0.764. The molecule has 0 spiro atoms. The Balaban J connectivity index is 2.14. The molecule has 0 atom stereocenters. The summed E-state index contributed by atoms with van der Waals surface area (Å²) >= 11 is 0. The summed E-state index contributed by atoms with van der Waals surface area (Å²) in [6.45, 7) is 1.71. The highest BCUT2D eigenvalue weighted by Crippen LogP contribution is 2.18. The normalized spacial score (nSPS) is 18.8. The first kappa shape index (κ1) is 8.47. The van der Waals surface area contributed by atoms with Crippen LogP contribution >= 0.6 is 0 Å². The predicted octanol–water partition coefficient (Wildman–Crippen LogP) is 0.752. The van der Waals surface area contributed by atoms with Gasteiger partial charge in [-0.05, 0) is 12.1 Å². The molecule has 0 radical (unpaired) electrons. The third-order valence-electron chi connectivity index (χ3n) is 2.02. The van der Waals surface area contributed by atoms with Crippen molar-refractivity contribution < 1.29 is 9.47 Å². The van der Waals surface area contributed by atoms with E-state index in [-0.39, 0.29) is 5.92 Å². The molecule has 4 nitrogen and oxygen atoms in total. The summed E-state index contributed by atoms with van der Waals surface area (Å²) in [5.41, 5.74) is 6.52. The van der Waals surface area contributed by atoms with Crippen LogP contribution in [-0.4, -0.2) is 25.0 Å². The molecule has 1 aliphatic heterocycles. The van der Waals surface area contributed by atoms with Crippen LogP contribution in [0.25, 0.3) is 0 Å². The Morgan fingerprint density at radius 1 is 1.31 bits per heavy atom. The van der Waals surface area contributed by atoms with Gasteiger partial charge in [-0.3, -0.25) is 0 Å². The maximum atomic E-state index is 5.57. The Kier molecular flexibility index (Phi) is 2.42. The summed E-state index contributed by atoms with van der Waals surface area (Å²) < 4.78 is 10.3. The zero-order chi connectivity index (χ0) is 9.10. The lowest BCUT2D eigenvalue weighted by Crippen LogP contribution is -2.23. The van der Waals surface area contributed by atoms with Gasteiger partial charge in [-0.2, -0.15) is 0 Å². The molecule has 70 valence electrons. The van der Waals surface area contributed by atoms with Gasteiger partial charge in [0.15, 0.2) is 0 Å². The summed E-state index contributed by atoms with van der Waals surface area (Å²) in [4.78, 5) is 4.21.